The van der Waals surface area contributed by atoms with Crippen LogP contribution in [-0.4, -0.2) is 44.4 Å². The summed E-state index contributed by atoms with van der Waals surface area (Å²) in [6.07, 6.45) is 3.70. The Bertz CT molecular complexity index is 1420. The molecule has 1 amide bonds. The number of nitrogens with zero attached hydrogens (tertiary/aromatic N) is 5. The Labute approximate surface area is 195 Å². The number of aldehydes is 1. The molecule has 4 rings (SSSR count). The fraction of sp³-hybridized carbons (Fsp3) is 0.167. The summed E-state index contributed by atoms with van der Waals surface area (Å²) in [5.41, 5.74) is 3.14. The predicted molar refractivity (Wildman–Crippen MR) is 128 cm³/mol. The molecular weight excluding hydrogens is 432 g/mol. The Hall–Kier alpha value is -4.78. The highest BCUT2D eigenvalue weighted by molar-refractivity contribution is 5.94. The fourth-order valence-corrected chi connectivity index (χ4v) is 3.29. The van der Waals surface area contributed by atoms with E-state index >= 15 is 0 Å². The van der Waals surface area contributed by atoms with Gasteiger partial charge in [0.2, 0.25) is 0 Å². The zero-order chi connectivity index (χ0) is 24.3. The monoisotopic (exact) mass is 454 g/mol. The fourth-order valence-electron chi connectivity index (χ4n) is 3.29. The summed E-state index contributed by atoms with van der Waals surface area (Å²) < 4.78 is 1.43. The lowest BCUT2D eigenvalue weighted by atomic mass is 10.1. The van der Waals surface area contributed by atoms with Crippen LogP contribution < -0.4 is 16.0 Å². The van der Waals surface area contributed by atoms with Crippen molar-refractivity contribution in [3.05, 3.63) is 66.1 Å². The number of hydrogen-bond acceptors (Lipinski definition) is 8. The molecule has 0 aliphatic rings. The molecule has 0 fully saturated rings. The number of carbonyl (C=O) groups excluding carboxylic acids is 2. The Morgan fingerprint density at radius 3 is 2.65 bits per heavy atom. The molecule has 34 heavy (non-hydrogen) atoms. The number of nitrogens with one attached hydrogen (secondary N) is 3. The maximum atomic E-state index is 12.8. The molecule has 0 spiro atoms. The molecule has 0 unspecified atom stereocenters. The van der Waals surface area contributed by atoms with Crippen LogP contribution in [0.3, 0.4) is 0 Å². The maximum absolute atomic E-state index is 12.8. The third kappa shape index (κ3) is 4.54. The summed E-state index contributed by atoms with van der Waals surface area (Å²) in [7, 11) is 1.75. The molecule has 3 heterocycles. The summed E-state index contributed by atoms with van der Waals surface area (Å²) in [5, 5.41) is 22.8. The van der Waals surface area contributed by atoms with Gasteiger partial charge in [-0.3, -0.25) is 14.6 Å². The van der Waals surface area contributed by atoms with E-state index in [4.69, 9.17) is 0 Å². The highest BCUT2D eigenvalue weighted by atomic mass is 16.2. The van der Waals surface area contributed by atoms with Gasteiger partial charge < -0.3 is 16.0 Å². The van der Waals surface area contributed by atoms with Gasteiger partial charge in [-0.25, -0.2) is 9.50 Å². The van der Waals surface area contributed by atoms with Crippen molar-refractivity contribution in [2.75, 3.05) is 17.7 Å². The minimum Gasteiger partial charge on any atom is -0.385 e. The smallest absolute Gasteiger partial charge is 0.272 e. The van der Waals surface area contributed by atoms with Crippen molar-refractivity contribution >= 4 is 35.0 Å². The summed E-state index contributed by atoms with van der Waals surface area (Å²) in [5.74, 6) is 0.0162. The van der Waals surface area contributed by atoms with Gasteiger partial charge in [0, 0.05) is 36.1 Å². The number of anilines is 3. The number of carbonyl (C=O) groups is 2. The molecular formula is C24H22N8O2. The van der Waals surface area contributed by atoms with E-state index in [-0.39, 0.29) is 5.69 Å². The van der Waals surface area contributed by atoms with E-state index in [0.29, 0.717) is 22.7 Å². The Balaban J connectivity index is 1.68. The van der Waals surface area contributed by atoms with E-state index in [1.807, 2.05) is 30.3 Å². The summed E-state index contributed by atoms with van der Waals surface area (Å²) >= 11 is 0. The van der Waals surface area contributed by atoms with Crippen LogP contribution in [-0.2, 0) is 0 Å². The second-order valence-corrected chi connectivity index (χ2v) is 8.06. The number of fused-ring (bicyclic) bond motifs is 1. The third-order valence-electron chi connectivity index (χ3n) is 5.03. The van der Waals surface area contributed by atoms with Crippen molar-refractivity contribution in [2.24, 2.45) is 0 Å². The zero-order valence-electron chi connectivity index (χ0n) is 18.8. The normalized spacial score (nSPS) is 11.0. The van der Waals surface area contributed by atoms with Gasteiger partial charge >= 0.3 is 0 Å². The average Bonchev–Trinajstić information content (AvgIpc) is 3.28. The summed E-state index contributed by atoms with van der Waals surface area (Å²) in [6, 6.07) is 14.9. The van der Waals surface area contributed by atoms with Crippen molar-refractivity contribution in [2.45, 2.75) is 19.4 Å². The third-order valence-corrected chi connectivity index (χ3v) is 5.03. The lowest BCUT2D eigenvalue weighted by molar-refractivity contribution is 0.0922. The second-order valence-electron chi connectivity index (χ2n) is 8.06. The van der Waals surface area contributed by atoms with Crippen molar-refractivity contribution in [1.29, 1.82) is 5.26 Å². The van der Waals surface area contributed by atoms with E-state index in [9.17, 15) is 14.9 Å². The number of aromatic nitrogens is 4. The maximum Gasteiger partial charge on any atom is 0.272 e. The Morgan fingerprint density at radius 2 is 1.97 bits per heavy atom. The minimum atomic E-state index is -1.04. The topological polar surface area (TPSA) is 137 Å². The molecule has 0 saturated heterocycles. The first-order valence-corrected chi connectivity index (χ1v) is 10.4. The lowest BCUT2D eigenvalue weighted by Crippen LogP contribution is -2.42. The Morgan fingerprint density at radius 1 is 1.15 bits per heavy atom. The minimum absolute atomic E-state index is 0.201. The zero-order valence-corrected chi connectivity index (χ0v) is 18.8. The van der Waals surface area contributed by atoms with Gasteiger partial charge in [0.1, 0.15) is 5.54 Å². The van der Waals surface area contributed by atoms with Gasteiger partial charge in [0.05, 0.1) is 23.6 Å². The van der Waals surface area contributed by atoms with Gasteiger partial charge in [0.25, 0.3) is 5.91 Å². The molecule has 10 heteroatoms. The largest absolute Gasteiger partial charge is 0.385 e. The van der Waals surface area contributed by atoms with Crippen LogP contribution in [0.1, 0.15) is 34.7 Å². The molecule has 10 nitrogen and oxygen atoms in total. The van der Waals surface area contributed by atoms with Crippen LogP contribution in [0.4, 0.5) is 17.2 Å². The molecule has 170 valence electrons. The molecule has 0 atom stereocenters. The van der Waals surface area contributed by atoms with Gasteiger partial charge in [-0.1, -0.05) is 12.1 Å². The molecule has 0 saturated carbocycles. The van der Waals surface area contributed by atoms with Crippen LogP contribution in [0.15, 0.2) is 54.9 Å². The lowest BCUT2D eigenvalue weighted by Gasteiger charge is -2.17. The van der Waals surface area contributed by atoms with Crippen LogP contribution in [0.2, 0.25) is 0 Å². The number of nitriles is 1. The van der Waals surface area contributed by atoms with Gasteiger partial charge in [-0.2, -0.15) is 5.26 Å². The summed E-state index contributed by atoms with van der Waals surface area (Å²) in [4.78, 5) is 32.3. The number of benzene rings is 1. The molecule has 3 aromatic heterocycles. The first kappa shape index (κ1) is 22.4. The highest BCUT2D eigenvalue weighted by Gasteiger charge is 2.24. The van der Waals surface area contributed by atoms with E-state index in [2.05, 4.69) is 31.0 Å². The number of rotatable bonds is 7. The van der Waals surface area contributed by atoms with Crippen molar-refractivity contribution < 1.29 is 9.59 Å². The van der Waals surface area contributed by atoms with Crippen LogP contribution in [0, 0.1) is 11.3 Å². The van der Waals surface area contributed by atoms with Crippen LogP contribution in [0.25, 0.3) is 16.9 Å². The van der Waals surface area contributed by atoms with E-state index in [0.717, 1.165) is 23.2 Å². The van der Waals surface area contributed by atoms with Crippen LogP contribution in [0.5, 0.6) is 0 Å². The SMILES string of the molecule is CNc1cc(Nc2cccc(-c3ccc(C=O)cn3)c2)nn2c(C(=O)NC(C)(C)C#N)cnc12. The summed E-state index contributed by atoms with van der Waals surface area (Å²) in [6.45, 7) is 3.23. The number of pyridine rings is 1. The van der Waals surface area contributed by atoms with Crippen molar-refractivity contribution in [1.82, 2.24) is 24.9 Å². The second kappa shape index (κ2) is 8.99. The predicted octanol–water partition coefficient (Wildman–Crippen LogP) is 3.42. The highest BCUT2D eigenvalue weighted by Crippen LogP contribution is 2.26. The van der Waals surface area contributed by atoms with Gasteiger partial charge in [-0.05, 0) is 38.1 Å². The van der Waals surface area contributed by atoms with Crippen LogP contribution >= 0.6 is 0 Å². The molecule has 0 aliphatic carbocycles. The van der Waals surface area contributed by atoms with Crippen molar-refractivity contribution in [3.8, 4) is 17.3 Å². The van der Waals surface area contributed by atoms with E-state index in [1.165, 1.54) is 16.9 Å². The molecule has 1 aromatic carbocycles. The molecule has 4 aromatic rings. The first-order chi connectivity index (χ1) is 16.3. The number of hydrogen-bond donors (Lipinski definition) is 3. The molecule has 0 aliphatic heterocycles. The molecule has 0 bridgehead atoms. The quantitative estimate of drug-likeness (QED) is 0.361. The standard InChI is InChI=1S/C24H22N8O2/c1-24(2,14-25)30-23(34)20-12-28-22-19(26-3)10-21(31-32(20)22)29-17-6-4-5-16(9-17)18-8-7-15(13-33)11-27-18/h4-13,26H,1-3H3,(H,29,31)(H,30,34). The van der Waals surface area contributed by atoms with Gasteiger partial charge in [-0.15, -0.1) is 5.10 Å². The van der Waals surface area contributed by atoms with E-state index < -0.39 is 11.4 Å². The van der Waals surface area contributed by atoms with Gasteiger partial charge in [0.15, 0.2) is 23.4 Å². The molecule has 0 radical (unpaired) electrons. The molecule has 3 N–H and O–H groups in total. The number of imidazole rings is 1. The van der Waals surface area contributed by atoms with Crippen molar-refractivity contribution in [3.63, 3.8) is 0 Å². The number of amides is 1. The van der Waals surface area contributed by atoms with E-state index in [1.54, 1.807) is 39.1 Å². The Kier molecular flexibility index (Phi) is 5.93. The first-order valence-electron chi connectivity index (χ1n) is 10.4. The average molecular weight is 454 g/mol.